The van der Waals surface area contributed by atoms with Gasteiger partial charge in [0.1, 0.15) is 0 Å². The molecule has 0 aliphatic heterocycles. The van der Waals surface area contributed by atoms with Crippen molar-refractivity contribution in [1.29, 1.82) is 0 Å². The summed E-state index contributed by atoms with van der Waals surface area (Å²) in [6, 6.07) is 0. The van der Waals surface area contributed by atoms with Crippen LogP contribution in [0.25, 0.3) is 0 Å². The Hall–Kier alpha value is -1.25. The van der Waals surface area contributed by atoms with Crippen LogP contribution in [0.5, 0.6) is 0 Å². The molecule has 0 saturated heterocycles. The van der Waals surface area contributed by atoms with Crippen LogP contribution in [0.15, 0.2) is 0 Å². The molecule has 0 heterocycles. The molecule has 0 unspecified atom stereocenters. The van der Waals surface area contributed by atoms with E-state index in [-0.39, 0.29) is 53.1 Å². The van der Waals surface area contributed by atoms with Gasteiger partial charge in [-0.3, -0.25) is 24.0 Å². The smallest absolute Gasteiger partial charge is 0.257 e. The second-order valence-corrected chi connectivity index (χ2v) is 4.66. The van der Waals surface area contributed by atoms with Gasteiger partial charge in [-0.2, -0.15) is 23.6 Å². The standard InChI is InChI=1S/5C2H5NOS.5FH/c5*1-2(4)3-5;;;;;/h5*5H,1H3,(H,3,4);5*1H. The quantitative estimate of drug-likeness (QED) is 0.149. The molecule has 5 N–H and O–H groups in total. The Balaban J connectivity index is -0.0000000200. The molecule has 0 aliphatic rings. The molecule has 10 nitrogen and oxygen atoms in total. The zero-order valence-corrected chi connectivity index (χ0v) is 21.4. The van der Waals surface area contributed by atoms with Crippen molar-refractivity contribution in [2.75, 3.05) is 0 Å². The molecule has 0 aromatic heterocycles. The fourth-order valence-electron chi connectivity index (χ4n) is 0. The predicted octanol–water partition coefficient (Wildman–Crippen LogP) is -19.7. The zero-order chi connectivity index (χ0) is 21.4. The lowest BCUT2D eigenvalue weighted by Crippen LogP contribution is -3.00. The minimum atomic E-state index is -0.0818. The second-order valence-electron chi connectivity index (χ2n) is 3.41. The van der Waals surface area contributed by atoms with Crippen LogP contribution in [0.3, 0.4) is 0 Å². The Bertz CT molecular complexity index is 325. The van der Waals surface area contributed by atoms with Crippen LogP contribution >= 0.6 is 0 Å². The van der Waals surface area contributed by atoms with E-state index in [1.165, 1.54) is 34.6 Å². The van der Waals surface area contributed by atoms with E-state index in [0.717, 1.165) is 0 Å². The van der Waals surface area contributed by atoms with Crippen LogP contribution in [0.1, 0.15) is 34.6 Å². The van der Waals surface area contributed by atoms with Crippen molar-refractivity contribution in [3.63, 3.8) is 0 Å². The highest BCUT2D eigenvalue weighted by atomic mass is 32.1. The molecule has 0 saturated carbocycles. The number of halogens is 5. The summed E-state index contributed by atoms with van der Waals surface area (Å²) in [5, 5.41) is 0. The van der Waals surface area contributed by atoms with Gasteiger partial charge in [0.15, 0.2) is 0 Å². The molecular formula is C10H30F5N5O5S5. The average Bonchev–Trinajstić information content (AvgIpc) is 2.56. The zero-order valence-electron chi connectivity index (χ0n) is 16.4. The van der Waals surface area contributed by atoms with E-state index in [4.69, 9.17) is 0 Å². The highest BCUT2D eigenvalue weighted by Gasteiger charge is 1.81. The molecule has 5 amide bonds. The van der Waals surface area contributed by atoms with Crippen molar-refractivity contribution >= 4 is 93.6 Å². The van der Waals surface area contributed by atoms with Gasteiger partial charge in [0.2, 0.25) is 0 Å². The molecule has 20 heteroatoms. The lowest BCUT2D eigenvalue weighted by molar-refractivity contribution is -0.118. The Morgan fingerprint density at radius 3 is 0.400 bits per heavy atom. The third-order valence-electron chi connectivity index (χ3n) is 0.880. The fraction of sp³-hybridized carbons (Fsp3) is 0.500. The Labute approximate surface area is 199 Å². The number of carbonyl (C=O) groups is 5. The topological polar surface area (TPSA) is 146 Å². The van der Waals surface area contributed by atoms with E-state index in [0.29, 0.717) is 0 Å². The predicted molar refractivity (Wildman–Crippen MR) is 120 cm³/mol. The molecule has 0 fully saturated rings. The van der Waals surface area contributed by atoms with Crippen molar-refractivity contribution in [1.82, 2.24) is 23.6 Å². The summed E-state index contributed by atoms with van der Waals surface area (Å²) in [7, 11) is 0. The van der Waals surface area contributed by atoms with Gasteiger partial charge in [-0.25, -0.2) is 0 Å². The first-order valence-corrected chi connectivity index (χ1v) is 8.52. The maximum Gasteiger partial charge on any atom is 0.257 e. The minimum absolute atomic E-state index is 0. The molecule has 190 valence electrons. The van der Waals surface area contributed by atoms with Crippen LogP contribution < -0.4 is 47.1 Å². The molecule has 0 bridgehead atoms. The maximum atomic E-state index is 9.65. The van der Waals surface area contributed by atoms with Gasteiger partial charge in [-0.1, -0.05) is 0 Å². The number of rotatable bonds is 0. The van der Waals surface area contributed by atoms with Crippen molar-refractivity contribution < 1.29 is 47.5 Å². The third kappa shape index (κ3) is 232. The summed E-state index contributed by atoms with van der Waals surface area (Å²) in [5.41, 5.74) is 0. The van der Waals surface area contributed by atoms with E-state index in [9.17, 15) is 24.0 Å². The molecule has 0 radical (unpaired) electrons. The highest BCUT2D eigenvalue weighted by Crippen LogP contribution is 1.48. The largest absolute Gasteiger partial charge is 1.00 e. The SMILES string of the molecule is CC(=O)N[SH2+].CC(=O)N[SH2+].CC(=O)N[SH2+].CC(=O)N[SH2+].CC(=O)N[SH2+].[F-].[F-].[F-].[F-].[F-]. The monoisotopic (exact) mass is 555 g/mol. The molecule has 0 aromatic carbocycles. The van der Waals surface area contributed by atoms with Gasteiger partial charge in [-0.15, -0.1) is 0 Å². The second kappa shape index (κ2) is 56.5. The average molecular weight is 556 g/mol. The molecule has 0 spiro atoms. The van der Waals surface area contributed by atoms with Crippen LogP contribution in [0.4, 0.5) is 0 Å². The molecule has 0 aliphatic carbocycles. The number of nitrogens with one attached hydrogen (secondary N) is 5. The van der Waals surface area contributed by atoms with E-state index >= 15 is 0 Å². The van der Waals surface area contributed by atoms with E-state index in [1.807, 2.05) is 0 Å². The minimum Gasteiger partial charge on any atom is -1.00 e. The van der Waals surface area contributed by atoms with Gasteiger partial charge in [-0.05, 0) is 0 Å². The van der Waals surface area contributed by atoms with Gasteiger partial charge >= 0.3 is 0 Å². The van der Waals surface area contributed by atoms with Crippen molar-refractivity contribution in [2.24, 2.45) is 0 Å². The number of amides is 5. The van der Waals surface area contributed by atoms with Crippen LogP contribution in [0.2, 0.25) is 0 Å². The highest BCUT2D eigenvalue weighted by molar-refractivity contribution is 7.57. The first-order chi connectivity index (χ1) is 11.4. The van der Waals surface area contributed by atoms with Gasteiger partial charge < -0.3 is 23.5 Å². The van der Waals surface area contributed by atoms with Crippen molar-refractivity contribution in [3.05, 3.63) is 0 Å². The first kappa shape index (κ1) is 63.0. The molecule has 30 heavy (non-hydrogen) atoms. The summed E-state index contributed by atoms with van der Waals surface area (Å²) in [6.07, 6.45) is 0. The van der Waals surface area contributed by atoms with Crippen LogP contribution in [-0.4, -0.2) is 29.5 Å². The number of hydrogen-bond donors (Lipinski definition) is 5. The number of carbonyl (C=O) groups excluding carboxylic acids is 5. The summed E-state index contributed by atoms with van der Waals surface area (Å²) in [6.45, 7) is 7.12. The van der Waals surface area contributed by atoms with Gasteiger partial charge in [0, 0.05) is 34.6 Å². The Kier molecular flexibility index (Phi) is 119. The van der Waals surface area contributed by atoms with Crippen LogP contribution in [0, 0.1) is 0 Å². The Morgan fingerprint density at radius 2 is 0.400 bits per heavy atom. The van der Waals surface area contributed by atoms with Crippen molar-refractivity contribution in [3.8, 4) is 0 Å². The van der Waals surface area contributed by atoms with Crippen molar-refractivity contribution in [2.45, 2.75) is 34.6 Å². The molecular weight excluding hydrogens is 525 g/mol. The first-order valence-electron chi connectivity index (χ1n) is 6.02. The fourth-order valence-corrected chi connectivity index (χ4v) is 0. The lowest BCUT2D eigenvalue weighted by Gasteiger charge is -1.70. The van der Waals surface area contributed by atoms with Crippen LogP contribution in [-0.2, 0) is 88.0 Å². The van der Waals surface area contributed by atoms with Gasteiger partial charge in [0.25, 0.3) is 29.5 Å². The Morgan fingerprint density at radius 1 is 0.367 bits per heavy atom. The third-order valence-corrected chi connectivity index (χ3v) is 2.64. The lowest BCUT2D eigenvalue weighted by atomic mass is 10.8. The number of hydrogen-bond acceptors (Lipinski definition) is 5. The van der Waals surface area contributed by atoms with E-state index < -0.39 is 0 Å². The summed E-state index contributed by atoms with van der Waals surface area (Å²) in [4.78, 5) is 48.3. The summed E-state index contributed by atoms with van der Waals surface area (Å²) < 4.78 is 11.0. The van der Waals surface area contributed by atoms with Gasteiger partial charge in [0.05, 0.1) is 64.1 Å². The summed E-state index contributed by atoms with van der Waals surface area (Å²) in [5.74, 6) is -0.409. The normalized spacial score (nSPS) is 5.67. The van der Waals surface area contributed by atoms with E-state index in [1.54, 1.807) is 0 Å². The molecule has 0 rings (SSSR count). The maximum absolute atomic E-state index is 9.65. The molecule has 0 aromatic rings. The molecule has 0 atom stereocenters. The summed E-state index contributed by atoms with van der Waals surface area (Å²) >= 11 is 13.8. The van der Waals surface area contributed by atoms with E-state index in [2.05, 4.69) is 87.7 Å².